The molecule has 2 unspecified atom stereocenters. The molecule has 0 radical (unpaired) electrons. The van der Waals surface area contributed by atoms with Crippen LogP contribution in [0, 0.1) is 16.0 Å². The molecule has 0 aliphatic carbocycles. The predicted molar refractivity (Wildman–Crippen MR) is 112 cm³/mol. The summed E-state index contributed by atoms with van der Waals surface area (Å²) in [5.41, 5.74) is 1.29. The van der Waals surface area contributed by atoms with Crippen LogP contribution in [0.2, 0.25) is 0 Å². The number of β-lactam (4-membered cyclic amide) rings is 1. The number of hydrogen-bond donors (Lipinski definition) is 0. The second-order valence-electron chi connectivity index (χ2n) is 6.99. The van der Waals surface area contributed by atoms with Crippen LogP contribution in [0.4, 0.5) is 10.5 Å². The Bertz CT molecular complexity index is 895. The second kappa shape index (κ2) is 10.3. The zero-order chi connectivity index (χ0) is 23.3. The average Bonchev–Trinajstić information content (AvgIpc) is 2.73. The van der Waals surface area contributed by atoms with Crippen LogP contribution in [0.3, 0.4) is 0 Å². The van der Waals surface area contributed by atoms with Crippen LogP contribution in [-0.4, -0.2) is 52.7 Å². The third-order valence-electron chi connectivity index (χ3n) is 4.71. The zero-order valence-electron chi connectivity index (χ0n) is 17.8. The summed E-state index contributed by atoms with van der Waals surface area (Å²) in [6.07, 6.45) is 0.0328. The van der Waals surface area contributed by atoms with Crippen LogP contribution < -0.4 is 0 Å². The number of allylic oxidation sites excluding steroid dienone is 1. The molecule has 0 spiro atoms. The quantitative estimate of drug-likeness (QED) is 0.192. The minimum atomic E-state index is -0.965. The van der Waals surface area contributed by atoms with Crippen molar-refractivity contribution in [1.82, 2.24) is 4.90 Å². The Hall–Kier alpha value is -3.08. The number of esters is 1. The molecule has 1 aliphatic rings. The number of benzene rings is 1. The molecule has 11 heteroatoms. The van der Waals surface area contributed by atoms with Gasteiger partial charge in [-0.25, -0.2) is 9.59 Å². The van der Waals surface area contributed by atoms with Crippen molar-refractivity contribution in [3.8, 4) is 0 Å². The molecule has 3 atom stereocenters. The second-order valence-corrected chi connectivity index (χ2v) is 7.94. The fraction of sp³-hybridized carbons (Fsp3) is 0.450. The van der Waals surface area contributed by atoms with E-state index in [0.717, 1.165) is 0 Å². The summed E-state index contributed by atoms with van der Waals surface area (Å²) >= 11 is 1.35. The van der Waals surface area contributed by atoms with Gasteiger partial charge in [-0.3, -0.25) is 19.8 Å². The maximum absolute atomic E-state index is 12.8. The first-order valence-corrected chi connectivity index (χ1v) is 10.6. The molecule has 168 valence electrons. The molecule has 0 saturated carbocycles. The molecular weight excluding hydrogens is 428 g/mol. The highest BCUT2D eigenvalue weighted by Gasteiger charge is 2.54. The van der Waals surface area contributed by atoms with Gasteiger partial charge < -0.3 is 14.2 Å². The number of hydrogen-bond acceptors (Lipinski definition) is 9. The number of non-ortho nitro benzene ring substituents is 1. The van der Waals surface area contributed by atoms with Crippen molar-refractivity contribution in [2.75, 3.05) is 13.4 Å². The van der Waals surface area contributed by atoms with Crippen molar-refractivity contribution >= 4 is 35.5 Å². The molecule has 31 heavy (non-hydrogen) atoms. The smallest absolute Gasteiger partial charge is 0.464 e. The first-order chi connectivity index (χ1) is 14.6. The fourth-order valence-corrected chi connectivity index (χ4v) is 4.21. The first kappa shape index (κ1) is 24.2. The average molecular weight is 452 g/mol. The number of carbonyl (C=O) groups excluding carboxylic acids is 3. The summed E-state index contributed by atoms with van der Waals surface area (Å²) in [5.74, 6) is -1.61. The van der Waals surface area contributed by atoms with Gasteiger partial charge in [-0.2, -0.15) is 0 Å². The van der Waals surface area contributed by atoms with Gasteiger partial charge in [0.2, 0.25) is 5.91 Å². The Labute approximate surface area is 183 Å². The summed E-state index contributed by atoms with van der Waals surface area (Å²) in [6, 6.07) is 5.55. The van der Waals surface area contributed by atoms with E-state index in [9.17, 15) is 24.5 Å². The van der Waals surface area contributed by atoms with Gasteiger partial charge in [0.15, 0.2) is 0 Å². The van der Waals surface area contributed by atoms with E-state index in [4.69, 9.17) is 14.2 Å². The van der Waals surface area contributed by atoms with Gasteiger partial charge in [-0.05, 0) is 50.3 Å². The number of nitro benzene ring substituents is 1. The summed E-state index contributed by atoms with van der Waals surface area (Å²) in [7, 11) is 1.24. The maximum Gasteiger partial charge on any atom is 0.508 e. The number of thioether (sulfide) groups is 1. The van der Waals surface area contributed by atoms with Gasteiger partial charge in [0.25, 0.3) is 5.69 Å². The third-order valence-corrected chi connectivity index (χ3v) is 5.70. The van der Waals surface area contributed by atoms with Crippen molar-refractivity contribution in [1.29, 1.82) is 0 Å². The Morgan fingerprint density at radius 1 is 1.26 bits per heavy atom. The Balaban J connectivity index is 1.98. The highest BCUT2D eigenvalue weighted by molar-refractivity contribution is 7.99. The Morgan fingerprint density at radius 3 is 2.35 bits per heavy atom. The summed E-state index contributed by atoms with van der Waals surface area (Å²) in [5, 5.41) is 10.3. The standard InChI is InChI=1S/C20H24N2O8S/c1-11(2)16(19(24)28-4)21-17(23)15(18(21)31-5)12(3)30-20(25)29-10-13-6-8-14(9-7-13)22(26)27/h6-9,12,15,18H,10H2,1-5H3/t12-,15?,18?/m0/s1. The van der Waals surface area contributed by atoms with E-state index >= 15 is 0 Å². The zero-order valence-corrected chi connectivity index (χ0v) is 18.6. The molecule has 1 aliphatic heterocycles. The Kier molecular flexibility index (Phi) is 8.03. The van der Waals surface area contributed by atoms with Gasteiger partial charge >= 0.3 is 12.1 Å². The number of ether oxygens (including phenoxy) is 3. The molecule has 10 nitrogen and oxygen atoms in total. The normalized spacial score (nSPS) is 18.5. The van der Waals surface area contributed by atoms with Crippen LogP contribution in [-0.2, 0) is 30.4 Å². The number of nitro groups is 1. The van der Waals surface area contributed by atoms with Crippen LogP contribution in [0.25, 0.3) is 0 Å². The molecule has 0 N–H and O–H groups in total. The van der Waals surface area contributed by atoms with Gasteiger partial charge in [-0.15, -0.1) is 11.8 Å². The highest BCUT2D eigenvalue weighted by atomic mass is 32.2. The van der Waals surface area contributed by atoms with Crippen molar-refractivity contribution < 1.29 is 33.5 Å². The third kappa shape index (κ3) is 5.35. The van der Waals surface area contributed by atoms with Crippen LogP contribution in [0.1, 0.15) is 26.3 Å². The van der Waals surface area contributed by atoms with Crippen LogP contribution in [0.15, 0.2) is 35.5 Å². The number of likely N-dealkylation sites (tertiary alicyclic amines) is 1. The van der Waals surface area contributed by atoms with Crippen molar-refractivity contribution in [2.24, 2.45) is 5.92 Å². The first-order valence-electron chi connectivity index (χ1n) is 9.30. The molecule has 1 saturated heterocycles. The molecule has 1 amide bonds. The summed E-state index contributed by atoms with van der Waals surface area (Å²) in [4.78, 5) is 48.4. The van der Waals surface area contributed by atoms with E-state index in [1.165, 1.54) is 48.0 Å². The largest absolute Gasteiger partial charge is 0.508 e. The molecule has 1 aromatic carbocycles. The lowest BCUT2D eigenvalue weighted by Gasteiger charge is -2.48. The van der Waals surface area contributed by atoms with E-state index in [1.807, 2.05) is 0 Å². The predicted octanol–water partition coefficient (Wildman–Crippen LogP) is 3.25. The van der Waals surface area contributed by atoms with E-state index in [1.54, 1.807) is 27.0 Å². The highest BCUT2D eigenvalue weighted by Crippen LogP contribution is 2.41. The number of carbonyl (C=O) groups is 3. The Morgan fingerprint density at radius 2 is 1.87 bits per heavy atom. The molecule has 1 fully saturated rings. The van der Waals surface area contributed by atoms with Crippen LogP contribution >= 0.6 is 11.8 Å². The van der Waals surface area contributed by atoms with Crippen LogP contribution in [0.5, 0.6) is 0 Å². The van der Waals surface area contributed by atoms with Gasteiger partial charge in [0.05, 0.1) is 17.4 Å². The molecule has 2 rings (SSSR count). The maximum atomic E-state index is 12.8. The van der Waals surface area contributed by atoms with Gasteiger partial charge in [-0.1, -0.05) is 0 Å². The lowest BCUT2D eigenvalue weighted by Crippen LogP contribution is -2.63. The fourth-order valence-electron chi connectivity index (χ4n) is 3.16. The SMILES string of the molecule is COC(=O)C(=C(C)C)N1C(=O)C([C@H](C)OC(=O)OCc2ccc([N+](=O)[O-])cc2)C1SC. The van der Waals surface area contributed by atoms with Gasteiger partial charge in [0, 0.05) is 12.1 Å². The monoisotopic (exact) mass is 452 g/mol. The lowest BCUT2D eigenvalue weighted by molar-refractivity contribution is -0.384. The van der Waals surface area contributed by atoms with E-state index < -0.39 is 34.4 Å². The number of nitrogens with zero attached hydrogens (tertiary/aromatic N) is 2. The van der Waals surface area contributed by atoms with Crippen molar-refractivity contribution in [2.45, 2.75) is 38.9 Å². The minimum Gasteiger partial charge on any atom is -0.464 e. The topological polar surface area (TPSA) is 125 Å². The number of amides is 1. The van der Waals surface area contributed by atoms with E-state index in [0.29, 0.717) is 11.1 Å². The minimum absolute atomic E-state index is 0.0706. The molecule has 1 aromatic rings. The lowest BCUT2D eigenvalue weighted by atomic mass is 9.91. The van der Waals surface area contributed by atoms with Crippen molar-refractivity contribution in [3.63, 3.8) is 0 Å². The van der Waals surface area contributed by atoms with E-state index in [-0.39, 0.29) is 23.9 Å². The molecule has 0 aromatic heterocycles. The molecular formula is C20H24N2O8S. The van der Waals surface area contributed by atoms with Crippen molar-refractivity contribution in [3.05, 3.63) is 51.2 Å². The number of rotatable bonds is 8. The van der Waals surface area contributed by atoms with E-state index in [2.05, 4.69) is 0 Å². The van der Waals surface area contributed by atoms with Gasteiger partial charge in [0.1, 0.15) is 24.3 Å². The summed E-state index contributed by atoms with van der Waals surface area (Å²) in [6.45, 7) is 4.86. The molecule has 1 heterocycles. The summed E-state index contributed by atoms with van der Waals surface area (Å²) < 4.78 is 15.1. The number of methoxy groups -OCH3 is 1. The molecule has 0 bridgehead atoms.